The molecule has 1 heterocycles. The Morgan fingerprint density at radius 2 is 2.29 bits per heavy atom. The molecule has 0 atom stereocenters. The maximum atomic E-state index is 5.11. The summed E-state index contributed by atoms with van der Waals surface area (Å²) in [6, 6.07) is 7.66. The van der Waals surface area contributed by atoms with Crippen LogP contribution in [0.5, 0.6) is 5.75 Å². The highest BCUT2D eigenvalue weighted by Gasteiger charge is 2.04. The van der Waals surface area contributed by atoms with Gasteiger partial charge in [0.05, 0.1) is 7.11 Å². The van der Waals surface area contributed by atoms with E-state index >= 15 is 0 Å². The fraction of sp³-hybridized carbons (Fsp3) is 0.100. The molecule has 0 unspecified atom stereocenters. The molecule has 1 aromatic heterocycles. The highest BCUT2D eigenvalue weighted by molar-refractivity contribution is 9.10. The van der Waals surface area contributed by atoms with E-state index in [0.717, 1.165) is 17.0 Å². The van der Waals surface area contributed by atoms with Gasteiger partial charge in [-0.15, -0.1) is 0 Å². The Kier molecular flexibility index (Phi) is 2.54. The van der Waals surface area contributed by atoms with E-state index in [1.54, 1.807) is 13.4 Å². The summed E-state index contributed by atoms with van der Waals surface area (Å²) in [7, 11) is 1.64. The Labute approximate surface area is 89.8 Å². The Morgan fingerprint density at radius 3 is 2.93 bits per heavy atom. The molecule has 2 rings (SSSR count). The van der Waals surface area contributed by atoms with Crippen LogP contribution in [0.4, 0.5) is 0 Å². The molecule has 0 radical (unpaired) electrons. The van der Waals surface area contributed by atoms with Crippen LogP contribution in [0.3, 0.4) is 0 Å². The van der Waals surface area contributed by atoms with Gasteiger partial charge in [0, 0.05) is 21.5 Å². The van der Waals surface area contributed by atoms with Crippen molar-refractivity contribution in [3.05, 3.63) is 35.3 Å². The van der Waals surface area contributed by atoms with Crippen LogP contribution in [0, 0.1) is 0 Å². The molecule has 0 aliphatic heterocycles. The molecular formula is C10H8BrNO2. The first-order valence-electron chi connectivity index (χ1n) is 4.05. The Bertz CT molecular complexity index is 439. The Balaban J connectivity index is 2.41. The number of halogens is 1. The molecule has 4 heteroatoms. The van der Waals surface area contributed by atoms with Crippen molar-refractivity contribution in [2.45, 2.75) is 0 Å². The van der Waals surface area contributed by atoms with Crippen molar-refractivity contribution >= 4 is 15.9 Å². The molecule has 3 nitrogen and oxygen atoms in total. The summed E-state index contributed by atoms with van der Waals surface area (Å²) >= 11 is 3.16. The predicted molar refractivity (Wildman–Crippen MR) is 56.2 cm³/mol. The minimum atomic E-state index is 0.482. The van der Waals surface area contributed by atoms with Gasteiger partial charge in [-0.05, 0) is 12.1 Å². The molecule has 0 fully saturated rings. The lowest BCUT2D eigenvalue weighted by Gasteiger charge is -2.00. The smallest absolute Gasteiger partial charge is 0.264 e. The fourth-order valence-corrected chi connectivity index (χ4v) is 1.45. The fourth-order valence-electron chi connectivity index (χ4n) is 1.17. The zero-order valence-electron chi connectivity index (χ0n) is 7.53. The van der Waals surface area contributed by atoms with Gasteiger partial charge in [0.15, 0.2) is 0 Å². The summed E-state index contributed by atoms with van der Waals surface area (Å²) in [5.41, 5.74) is 1.76. The van der Waals surface area contributed by atoms with Crippen LogP contribution in [0.15, 0.2) is 39.7 Å². The topological polar surface area (TPSA) is 35.3 Å². The largest absolute Gasteiger partial charge is 0.497 e. The van der Waals surface area contributed by atoms with E-state index in [1.807, 2.05) is 24.3 Å². The molecular weight excluding hydrogens is 246 g/mol. The van der Waals surface area contributed by atoms with Crippen LogP contribution in [-0.2, 0) is 0 Å². The van der Waals surface area contributed by atoms with E-state index in [9.17, 15) is 0 Å². The van der Waals surface area contributed by atoms with Crippen molar-refractivity contribution < 1.29 is 9.15 Å². The lowest BCUT2D eigenvalue weighted by molar-refractivity contribution is 0.415. The van der Waals surface area contributed by atoms with E-state index in [2.05, 4.69) is 20.9 Å². The molecule has 0 saturated heterocycles. The van der Waals surface area contributed by atoms with E-state index in [0.29, 0.717) is 4.80 Å². The van der Waals surface area contributed by atoms with Gasteiger partial charge in [0.25, 0.3) is 4.80 Å². The van der Waals surface area contributed by atoms with Crippen LogP contribution in [0.1, 0.15) is 0 Å². The average Bonchev–Trinajstić information content (AvgIpc) is 2.65. The average molecular weight is 254 g/mol. The normalized spacial score (nSPS) is 10.1. The molecule has 1 aromatic carbocycles. The lowest BCUT2D eigenvalue weighted by atomic mass is 10.2. The maximum absolute atomic E-state index is 5.11. The monoisotopic (exact) mass is 253 g/mol. The number of benzene rings is 1. The Morgan fingerprint density at radius 1 is 1.43 bits per heavy atom. The number of aromatic nitrogens is 1. The molecule has 0 amide bonds. The molecule has 0 aliphatic rings. The lowest BCUT2D eigenvalue weighted by Crippen LogP contribution is -1.83. The highest BCUT2D eigenvalue weighted by atomic mass is 79.9. The molecule has 0 bridgehead atoms. The second-order valence-corrected chi connectivity index (χ2v) is 3.40. The van der Waals surface area contributed by atoms with Crippen molar-refractivity contribution in [2.24, 2.45) is 0 Å². The number of nitrogens with zero attached hydrogens (tertiary/aromatic N) is 1. The predicted octanol–water partition coefficient (Wildman–Crippen LogP) is 3.11. The molecule has 0 saturated carbocycles. The maximum Gasteiger partial charge on any atom is 0.264 e. The molecule has 14 heavy (non-hydrogen) atoms. The van der Waals surface area contributed by atoms with E-state index < -0.39 is 0 Å². The molecule has 0 spiro atoms. The first kappa shape index (κ1) is 9.27. The highest BCUT2D eigenvalue weighted by Crippen LogP contribution is 2.24. The van der Waals surface area contributed by atoms with Gasteiger partial charge in [-0.25, -0.2) is 4.98 Å². The van der Waals surface area contributed by atoms with Gasteiger partial charge < -0.3 is 9.15 Å². The van der Waals surface area contributed by atoms with Crippen molar-refractivity contribution in [3.63, 3.8) is 0 Å². The Hall–Kier alpha value is -1.29. The van der Waals surface area contributed by atoms with Crippen molar-refractivity contribution in [2.75, 3.05) is 7.11 Å². The van der Waals surface area contributed by atoms with Gasteiger partial charge in [-0.1, -0.05) is 12.1 Å². The number of rotatable bonds is 2. The van der Waals surface area contributed by atoms with E-state index in [1.165, 1.54) is 0 Å². The van der Waals surface area contributed by atoms with Gasteiger partial charge in [0.2, 0.25) is 0 Å². The summed E-state index contributed by atoms with van der Waals surface area (Å²) in [6.07, 6.45) is 1.60. The van der Waals surface area contributed by atoms with Crippen LogP contribution >= 0.6 is 15.9 Å². The van der Waals surface area contributed by atoms with E-state index in [-0.39, 0.29) is 0 Å². The third kappa shape index (κ3) is 1.80. The van der Waals surface area contributed by atoms with Gasteiger partial charge in [-0.3, -0.25) is 0 Å². The van der Waals surface area contributed by atoms with Gasteiger partial charge >= 0.3 is 0 Å². The summed E-state index contributed by atoms with van der Waals surface area (Å²) < 4.78 is 10.2. The number of hydrogen-bond donors (Lipinski definition) is 0. The van der Waals surface area contributed by atoms with E-state index in [4.69, 9.17) is 9.15 Å². The summed E-state index contributed by atoms with van der Waals surface area (Å²) in [4.78, 5) is 4.63. The van der Waals surface area contributed by atoms with Gasteiger partial charge in [0.1, 0.15) is 17.7 Å². The SMILES string of the molecule is COc1cccc(-c2coc(Br)n2)c1. The minimum absolute atomic E-state index is 0.482. The van der Waals surface area contributed by atoms with Crippen LogP contribution < -0.4 is 4.74 Å². The number of hydrogen-bond acceptors (Lipinski definition) is 3. The second-order valence-electron chi connectivity index (χ2n) is 2.72. The first-order chi connectivity index (χ1) is 6.79. The number of ether oxygens (including phenoxy) is 1. The third-order valence-corrected chi connectivity index (χ3v) is 2.21. The van der Waals surface area contributed by atoms with Crippen LogP contribution in [-0.4, -0.2) is 12.1 Å². The zero-order chi connectivity index (χ0) is 9.97. The summed E-state index contributed by atoms with van der Waals surface area (Å²) in [6.45, 7) is 0. The van der Waals surface area contributed by atoms with Crippen molar-refractivity contribution in [3.8, 4) is 17.0 Å². The molecule has 2 aromatic rings. The molecule has 0 aliphatic carbocycles. The number of oxazole rings is 1. The third-order valence-electron chi connectivity index (χ3n) is 1.84. The van der Waals surface area contributed by atoms with Crippen LogP contribution in [0.25, 0.3) is 11.3 Å². The minimum Gasteiger partial charge on any atom is -0.497 e. The van der Waals surface area contributed by atoms with Crippen LogP contribution in [0.2, 0.25) is 0 Å². The van der Waals surface area contributed by atoms with Crippen molar-refractivity contribution in [1.82, 2.24) is 4.98 Å². The summed E-state index contributed by atoms with van der Waals surface area (Å²) in [5, 5.41) is 0. The van der Waals surface area contributed by atoms with Crippen molar-refractivity contribution in [1.29, 1.82) is 0 Å². The second kappa shape index (κ2) is 3.84. The quantitative estimate of drug-likeness (QED) is 0.825. The molecule has 0 N–H and O–H groups in total. The zero-order valence-corrected chi connectivity index (χ0v) is 9.11. The standard InChI is InChI=1S/C10H8BrNO2/c1-13-8-4-2-3-7(5-8)9-6-14-10(11)12-9/h2-6H,1H3. The molecule has 72 valence electrons. The number of methoxy groups -OCH3 is 1. The summed E-state index contributed by atoms with van der Waals surface area (Å²) in [5.74, 6) is 0.807. The van der Waals surface area contributed by atoms with Gasteiger partial charge in [-0.2, -0.15) is 0 Å². The first-order valence-corrected chi connectivity index (χ1v) is 4.84.